The zero-order valence-corrected chi connectivity index (χ0v) is 16.5. The van der Waals surface area contributed by atoms with Crippen molar-refractivity contribution >= 4 is 32.5 Å². The number of benzene rings is 3. The number of aromatic nitrogens is 1. The molecule has 0 atom stereocenters. The van der Waals surface area contributed by atoms with E-state index in [0.29, 0.717) is 5.56 Å². The second-order valence-corrected chi connectivity index (χ2v) is 7.51. The Labute approximate surface area is 173 Å². The van der Waals surface area contributed by atoms with Crippen LogP contribution in [0.25, 0.3) is 10.8 Å². The van der Waals surface area contributed by atoms with Gasteiger partial charge in [0.1, 0.15) is 15.9 Å². The first-order valence-electron chi connectivity index (χ1n) is 8.86. The molecule has 1 amide bonds. The van der Waals surface area contributed by atoms with Gasteiger partial charge in [0.25, 0.3) is 5.91 Å². The second kappa shape index (κ2) is 9.17. The highest BCUT2D eigenvalue weighted by Crippen LogP contribution is 2.37. The zero-order valence-electron chi connectivity index (χ0n) is 15.6. The summed E-state index contributed by atoms with van der Waals surface area (Å²) in [5, 5.41) is 13.1. The largest absolute Gasteiger partial charge is 0.744 e. The van der Waals surface area contributed by atoms with Gasteiger partial charge in [-0.15, -0.1) is 0 Å². The number of amides is 1. The summed E-state index contributed by atoms with van der Waals surface area (Å²) in [6, 6.07) is 21.2. The molecular formula is C22H18N2O5S. The first-order valence-corrected chi connectivity index (χ1v) is 10.3. The Morgan fingerprint density at radius 2 is 1.43 bits per heavy atom. The van der Waals surface area contributed by atoms with E-state index in [2.05, 4.69) is 10.3 Å². The van der Waals surface area contributed by atoms with E-state index in [1.807, 2.05) is 30.6 Å². The summed E-state index contributed by atoms with van der Waals surface area (Å²) >= 11 is 0. The molecule has 8 heteroatoms. The lowest BCUT2D eigenvalue weighted by molar-refractivity contribution is -0.377. The highest BCUT2D eigenvalue weighted by molar-refractivity contribution is 7.86. The summed E-state index contributed by atoms with van der Waals surface area (Å²) in [7, 11) is -4.77. The van der Waals surface area contributed by atoms with Crippen molar-refractivity contribution in [1.82, 2.24) is 0 Å². The van der Waals surface area contributed by atoms with Gasteiger partial charge in [0.05, 0.1) is 10.6 Å². The van der Waals surface area contributed by atoms with Crippen molar-refractivity contribution in [3.8, 4) is 5.75 Å². The van der Waals surface area contributed by atoms with E-state index in [-0.39, 0.29) is 16.5 Å². The Bertz CT molecular complexity index is 1230. The summed E-state index contributed by atoms with van der Waals surface area (Å²) in [5.41, 5.74) is 0.424. The van der Waals surface area contributed by atoms with Gasteiger partial charge in [-0.25, -0.2) is 13.4 Å². The monoisotopic (exact) mass is 422 g/mol. The summed E-state index contributed by atoms with van der Waals surface area (Å²) in [5.74, 6) is -0.957. The van der Waals surface area contributed by atoms with Crippen LogP contribution in [0.15, 0.2) is 96.2 Å². The standard InChI is InChI=1S/C17H13NO5S.C5H5N/c19-14-10-15(24(21,22)23)12-8-4-5-9-13(12)16(14)18-17(20)11-6-2-1-3-7-11;1-2-4-6-5-3-1/h1-10,19H,(H,18,20)(H,21,22,23);1-5H. The smallest absolute Gasteiger partial charge is 0.255 e. The molecule has 1 heterocycles. The highest BCUT2D eigenvalue weighted by atomic mass is 32.2. The molecule has 30 heavy (non-hydrogen) atoms. The lowest BCUT2D eigenvalue weighted by Gasteiger charge is -2.16. The van der Waals surface area contributed by atoms with E-state index in [1.165, 1.54) is 12.1 Å². The van der Waals surface area contributed by atoms with Crippen LogP contribution in [0, 0.1) is 0 Å². The van der Waals surface area contributed by atoms with Gasteiger partial charge < -0.3 is 15.0 Å². The minimum atomic E-state index is -4.77. The van der Waals surface area contributed by atoms with Crippen molar-refractivity contribution in [2.75, 3.05) is 5.32 Å². The number of aromatic hydroxyl groups is 1. The first-order chi connectivity index (χ1) is 14.4. The number of phenolic OH excluding ortho intramolecular Hbond substituents is 1. The molecule has 4 aromatic rings. The SMILES string of the molecule is O=C(Nc1c(O)cc(S(=O)(=O)[O-])c2ccccc12)c1ccccc1.c1cc[nH+]cc1. The number of fused-ring (bicyclic) bond motifs is 1. The van der Waals surface area contributed by atoms with E-state index in [4.69, 9.17) is 0 Å². The average Bonchev–Trinajstić information content (AvgIpc) is 2.77. The molecule has 3 aromatic carbocycles. The van der Waals surface area contributed by atoms with Crippen LogP contribution < -0.4 is 10.3 Å². The van der Waals surface area contributed by atoms with Gasteiger partial charge in [0.2, 0.25) is 0 Å². The fraction of sp³-hybridized carbons (Fsp3) is 0. The van der Waals surface area contributed by atoms with E-state index in [0.717, 1.165) is 6.07 Å². The van der Waals surface area contributed by atoms with Crippen molar-refractivity contribution in [3.63, 3.8) is 0 Å². The van der Waals surface area contributed by atoms with Crippen LogP contribution in [0.2, 0.25) is 0 Å². The molecule has 0 aliphatic heterocycles. The maximum atomic E-state index is 12.3. The minimum Gasteiger partial charge on any atom is -0.744 e. The van der Waals surface area contributed by atoms with E-state index >= 15 is 0 Å². The van der Waals surface area contributed by atoms with Gasteiger partial charge in [-0.1, -0.05) is 48.5 Å². The molecule has 0 saturated heterocycles. The van der Waals surface area contributed by atoms with E-state index in [9.17, 15) is 22.9 Å². The predicted molar refractivity (Wildman–Crippen MR) is 111 cm³/mol. The van der Waals surface area contributed by atoms with Crippen molar-refractivity contribution in [2.45, 2.75) is 4.90 Å². The number of aromatic amines is 1. The summed E-state index contributed by atoms with van der Waals surface area (Å²) in [4.78, 5) is 14.6. The first kappa shape index (κ1) is 21.0. The molecule has 7 nitrogen and oxygen atoms in total. The van der Waals surface area contributed by atoms with Gasteiger partial charge in [0, 0.05) is 34.5 Å². The number of pyridine rings is 1. The molecule has 0 aliphatic rings. The molecule has 0 unspecified atom stereocenters. The Hall–Kier alpha value is -3.75. The summed E-state index contributed by atoms with van der Waals surface area (Å²) in [6.45, 7) is 0. The molecule has 0 aliphatic carbocycles. The van der Waals surface area contributed by atoms with Crippen LogP contribution in [0.4, 0.5) is 5.69 Å². The summed E-state index contributed by atoms with van der Waals surface area (Å²) < 4.78 is 34.2. The van der Waals surface area contributed by atoms with E-state index < -0.39 is 26.7 Å². The molecule has 0 saturated carbocycles. The van der Waals surface area contributed by atoms with Crippen LogP contribution in [-0.4, -0.2) is 24.0 Å². The van der Waals surface area contributed by atoms with Crippen molar-refractivity contribution in [3.05, 3.63) is 96.8 Å². The van der Waals surface area contributed by atoms with Crippen molar-refractivity contribution in [1.29, 1.82) is 0 Å². The second-order valence-electron chi connectivity index (χ2n) is 6.17. The van der Waals surface area contributed by atoms with Gasteiger partial charge in [-0.05, 0) is 12.1 Å². The Morgan fingerprint density at radius 1 is 0.867 bits per heavy atom. The quantitative estimate of drug-likeness (QED) is 0.388. The van der Waals surface area contributed by atoms with Crippen LogP contribution >= 0.6 is 0 Å². The Kier molecular flexibility index (Phi) is 6.41. The van der Waals surface area contributed by atoms with Crippen molar-refractivity contribution in [2.24, 2.45) is 0 Å². The van der Waals surface area contributed by atoms with E-state index in [1.54, 1.807) is 42.5 Å². The number of rotatable bonds is 3. The van der Waals surface area contributed by atoms with Crippen LogP contribution in [0.1, 0.15) is 10.4 Å². The maximum absolute atomic E-state index is 12.3. The van der Waals surface area contributed by atoms with Crippen LogP contribution in [0.5, 0.6) is 5.75 Å². The number of phenols is 1. The molecule has 0 bridgehead atoms. The predicted octanol–water partition coefficient (Wildman–Crippen LogP) is 3.20. The van der Waals surface area contributed by atoms with Crippen LogP contribution in [0.3, 0.4) is 0 Å². The number of H-pyrrole nitrogens is 1. The maximum Gasteiger partial charge on any atom is 0.255 e. The third-order valence-electron chi connectivity index (χ3n) is 4.14. The van der Waals surface area contributed by atoms with Gasteiger partial charge in [0.15, 0.2) is 12.4 Å². The van der Waals surface area contributed by atoms with Crippen molar-refractivity contribution < 1.29 is 27.9 Å². The Morgan fingerprint density at radius 3 is 1.97 bits per heavy atom. The molecule has 152 valence electrons. The molecule has 0 radical (unpaired) electrons. The average molecular weight is 422 g/mol. The number of hydrogen-bond acceptors (Lipinski definition) is 5. The van der Waals surface area contributed by atoms with Crippen LogP contribution in [-0.2, 0) is 10.1 Å². The molecule has 4 rings (SSSR count). The molecule has 0 fully saturated rings. The molecule has 0 spiro atoms. The highest BCUT2D eigenvalue weighted by Gasteiger charge is 2.17. The summed E-state index contributed by atoms with van der Waals surface area (Å²) in [6.07, 6.45) is 3.75. The van der Waals surface area contributed by atoms with Gasteiger partial charge in [-0.2, -0.15) is 0 Å². The lowest BCUT2D eigenvalue weighted by Crippen LogP contribution is -2.12. The molecular weight excluding hydrogens is 404 g/mol. The third-order valence-corrected chi connectivity index (χ3v) is 5.01. The molecule has 3 N–H and O–H groups in total. The zero-order chi connectivity index (χ0) is 21.6. The Balaban J connectivity index is 0.000000367. The third kappa shape index (κ3) is 4.99. The van der Waals surface area contributed by atoms with Gasteiger partial charge >= 0.3 is 0 Å². The number of hydrogen-bond donors (Lipinski definition) is 2. The molecule has 1 aromatic heterocycles. The minimum absolute atomic E-state index is 0.0480. The fourth-order valence-corrected chi connectivity index (χ4v) is 3.49. The number of carbonyl (C=O) groups excluding carboxylic acids is 1. The number of carbonyl (C=O) groups is 1. The fourth-order valence-electron chi connectivity index (χ4n) is 2.78. The number of anilines is 1. The number of nitrogens with one attached hydrogen (secondary N) is 2. The lowest BCUT2D eigenvalue weighted by atomic mass is 10.1. The van der Waals surface area contributed by atoms with Gasteiger partial charge in [-0.3, -0.25) is 4.79 Å². The topological polar surface area (TPSA) is 121 Å². The normalized spacial score (nSPS) is 10.7.